The van der Waals surface area contributed by atoms with Crippen LogP contribution in [0.4, 0.5) is 0 Å². The third-order valence-electron chi connectivity index (χ3n) is 2.86. The van der Waals surface area contributed by atoms with Gasteiger partial charge in [-0.1, -0.05) is 13.8 Å². The Balaban J connectivity index is 3.22. The first-order valence-electron chi connectivity index (χ1n) is 6.51. The second-order valence-corrected chi connectivity index (χ2v) is 7.74. The number of methoxy groups -OCH3 is 1. The molecule has 0 aliphatic rings. The highest BCUT2D eigenvalue weighted by molar-refractivity contribution is 7.89. The zero-order chi connectivity index (χ0) is 17.1. The summed E-state index contributed by atoms with van der Waals surface area (Å²) in [6.45, 7) is 5.12. The molecule has 7 nitrogen and oxygen atoms in total. The molecular formula is C13H19NO6S2. The number of nitrogens with one attached hydrogen (secondary N) is 1. The Kier molecular flexibility index (Phi) is 6.09. The number of rotatable bonds is 7. The highest BCUT2D eigenvalue weighted by Crippen LogP contribution is 2.28. The normalized spacial score (nSPS) is 13.1. The molecule has 1 rings (SSSR count). The van der Waals surface area contributed by atoms with Gasteiger partial charge < -0.3 is 9.84 Å². The first-order valence-corrected chi connectivity index (χ1v) is 8.88. The van der Waals surface area contributed by atoms with Gasteiger partial charge in [-0.25, -0.2) is 13.2 Å². The lowest BCUT2D eigenvalue weighted by molar-refractivity contribution is -0.139. The standard InChI is InChI=1S/C13H19NO6S2/c1-7(2)5-9(12(15)16)14-22(18,19)11-8(3)6-21-10(11)13(17)20-4/h6-7,9,14H,5H2,1-4H3,(H,15,16)/t9-/m0/s1. The number of aliphatic carboxylic acids is 1. The molecule has 0 spiro atoms. The average Bonchev–Trinajstić information content (AvgIpc) is 2.78. The van der Waals surface area contributed by atoms with Crippen LogP contribution < -0.4 is 4.72 Å². The summed E-state index contributed by atoms with van der Waals surface area (Å²) in [5.74, 6) is -2.04. The van der Waals surface area contributed by atoms with E-state index in [-0.39, 0.29) is 22.1 Å². The smallest absolute Gasteiger partial charge is 0.349 e. The highest BCUT2D eigenvalue weighted by Gasteiger charge is 2.32. The van der Waals surface area contributed by atoms with Crippen molar-refractivity contribution in [2.24, 2.45) is 5.92 Å². The molecule has 0 aromatic carbocycles. The fourth-order valence-corrected chi connectivity index (χ4v) is 4.83. The first kappa shape index (κ1) is 18.6. The first-order chi connectivity index (χ1) is 10.1. The molecule has 124 valence electrons. The van der Waals surface area contributed by atoms with Crippen molar-refractivity contribution in [1.29, 1.82) is 0 Å². The molecular weight excluding hydrogens is 330 g/mol. The van der Waals surface area contributed by atoms with Crippen molar-refractivity contribution in [3.63, 3.8) is 0 Å². The van der Waals surface area contributed by atoms with Gasteiger partial charge in [0.25, 0.3) is 0 Å². The van der Waals surface area contributed by atoms with Crippen molar-refractivity contribution in [3.8, 4) is 0 Å². The van der Waals surface area contributed by atoms with E-state index in [1.165, 1.54) is 12.3 Å². The molecule has 1 aromatic rings. The number of carbonyl (C=O) groups excluding carboxylic acids is 1. The Hall–Kier alpha value is -1.45. The maximum atomic E-state index is 12.5. The van der Waals surface area contributed by atoms with Gasteiger partial charge in [0, 0.05) is 0 Å². The van der Waals surface area contributed by atoms with Crippen LogP contribution in [0.5, 0.6) is 0 Å². The number of thiophene rings is 1. The van der Waals surface area contributed by atoms with Gasteiger partial charge in [0.1, 0.15) is 15.8 Å². The summed E-state index contributed by atoms with van der Waals surface area (Å²) in [6.07, 6.45) is 0.144. The van der Waals surface area contributed by atoms with Gasteiger partial charge in [0.05, 0.1) is 7.11 Å². The lowest BCUT2D eigenvalue weighted by Crippen LogP contribution is -2.42. The van der Waals surface area contributed by atoms with Gasteiger partial charge >= 0.3 is 11.9 Å². The molecule has 1 heterocycles. The van der Waals surface area contributed by atoms with E-state index in [4.69, 9.17) is 5.11 Å². The lowest BCUT2D eigenvalue weighted by atomic mass is 10.1. The van der Waals surface area contributed by atoms with Crippen LogP contribution in [0.3, 0.4) is 0 Å². The second kappa shape index (κ2) is 7.21. The van der Waals surface area contributed by atoms with Crippen LogP contribution in [0.25, 0.3) is 0 Å². The minimum atomic E-state index is -4.14. The number of ether oxygens (including phenoxy) is 1. The third kappa shape index (κ3) is 4.28. The molecule has 0 aliphatic heterocycles. The quantitative estimate of drug-likeness (QED) is 0.724. The van der Waals surface area contributed by atoms with E-state index in [9.17, 15) is 18.0 Å². The predicted octanol–water partition coefficient (Wildman–Crippen LogP) is 1.62. The van der Waals surface area contributed by atoms with Crippen LogP contribution in [0.1, 0.15) is 35.5 Å². The van der Waals surface area contributed by atoms with E-state index < -0.39 is 28.0 Å². The Bertz CT molecular complexity index is 662. The van der Waals surface area contributed by atoms with E-state index in [0.717, 1.165) is 18.4 Å². The molecule has 0 aliphatic carbocycles. The van der Waals surface area contributed by atoms with Gasteiger partial charge in [-0.15, -0.1) is 11.3 Å². The van der Waals surface area contributed by atoms with Crippen molar-refractivity contribution < 1.29 is 27.9 Å². The summed E-state index contributed by atoms with van der Waals surface area (Å²) in [5, 5.41) is 10.7. The van der Waals surface area contributed by atoms with Crippen LogP contribution >= 0.6 is 11.3 Å². The number of carboxylic acids is 1. The minimum absolute atomic E-state index is 0.00699. The van der Waals surface area contributed by atoms with Gasteiger partial charge in [0.15, 0.2) is 0 Å². The van der Waals surface area contributed by atoms with Crippen molar-refractivity contribution >= 4 is 33.3 Å². The van der Waals surface area contributed by atoms with E-state index in [2.05, 4.69) is 9.46 Å². The second-order valence-electron chi connectivity index (χ2n) is 5.21. The average molecular weight is 349 g/mol. The van der Waals surface area contributed by atoms with Crippen LogP contribution in [-0.4, -0.2) is 38.6 Å². The Labute approximate surface area is 133 Å². The Morgan fingerprint density at radius 2 is 2.00 bits per heavy atom. The third-order valence-corrected chi connectivity index (χ3v) is 5.73. The molecule has 22 heavy (non-hydrogen) atoms. The van der Waals surface area contributed by atoms with Crippen LogP contribution in [0, 0.1) is 12.8 Å². The Morgan fingerprint density at radius 1 is 1.41 bits per heavy atom. The molecule has 0 fully saturated rings. The maximum Gasteiger partial charge on any atom is 0.349 e. The number of carboxylic acid groups (broad SMARTS) is 1. The number of esters is 1. The SMILES string of the molecule is COC(=O)c1scc(C)c1S(=O)(=O)N[C@@H](CC(C)C)C(=O)O. The largest absolute Gasteiger partial charge is 0.480 e. The zero-order valence-corrected chi connectivity index (χ0v) is 14.4. The molecule has 9 heteroatoms. The van der Waals surface area contributed by atoms with E-state index in [1.54, 1.807) is 13.8 Å². The zero-order valence-electron chi connectivity index (χ0n) is 12.7. The number of sulfonamides is 1. The highest BCUT2D eigenvalue weighted by atomic mass is 32.2. The van der Waals surface area contributed by atoms with E-state index >= 15 is 0 Å². The number of aryl methyl sites for hydroxylation is 1. The number of carbonyl (C=O) groups is 2. The molecule has 0 bridgehead atoms. The van der Waals surface area contributed by atoms with Crippen molar-refractivity contribution in [2.75, 3.05) is 7.11 Å². The summed E-state index contributed by atoms with van der Waals surface area (Å²) in [7, 11) is -2.99. The van der Waals surface area contributed by atoms with Crippen LogP contribution in [-0.2, 0) is 19.6 Å². The summed E-state index contributed by atoms with van der Waals surface area (Å²) in [5.41, 5.74) is 0.367. The summed E-state index contributed by atoms with van der Waals surface area (Å²) >= 11 is 0.944. The maximum absolute atomic E-state index is 12.5. The van der Waals surface area contributed by atoms with E-state index in [1.807, 2.05) is 0 Å². The van der Waals surface area contributed by atoms with Crippen molar-refractivity contribution in [3.05, 3.63) is 15.8 Å². The monoisotopic (exact) mass is 349 g/mol. The van der Waals surface area contributed by atoms with Gasteiger partial charge in [-0.05, 0) is 30.2 Å². The number of hydrogen-bond acceptors (Lipinski definition) is 6. The molecule has 0 unspecified atom stereocenters. The van der Waals surface area contributed by atoms with Crippen molar-refractivity contribution in [2.45, 2.75) is 38.1 Å². The molecule has 0 amide bonds. The van der Waals surface area contributed by atoms with Gasteiger partial charge in [-0.2, -0.15) is 4.72 Å². The summed E-state index contributed by atoms with van der Waals surface area (Å²) < 4.78 is 31.7. The van der Waals surface area contributed by atoms with Crippen LogP contribution in [0.2, 0.25) is 0 Å². The van der Waals surface area contributed by atoms with Crippen molar-refractivity contribution in [1.82, 2.24) is 4.72 Å². The fraction of sp³-hybridized carbons (Fsp3) is 0.538. The Morgan fingerprint density at radius 3 is 2.45 bits per heavy atom. The minimum Gasteiger partial charge on any atom is -0.480 e. The molecule has 0 saturated carbocycles. The summed E-state index contributed by atoms with van der Waals surface area (Å²) in [4.78, 5) is 22.6. The van der Waals surface area contributed by atoms with Gasteiger partial charge in [-0.3, -0.25) is 4.79 Å². The van der Waals surface area contributed by atoms with E-state index in [0.29, 0.717) is 5.56 Å². The topological polar surface area (TPSA) is 110 Å². The molecule has 0 radical (unpaired) electrons. The van der Waals surface area contributed by atoms with Gasteiger partial charge in [0.2, 0.25) is 10.0 Å². The molecule has 2 N–H and O–H groups in total. The molecule has 0 saturated heterocycles. The number of hydrogen-bond donors (Lipinski definition) is 2. The fourth-order valence-electron chi connectivity index (χ4n) is 1.92. The lowest BCUT2D eigenvalue weighted by Gasteiger charge is -2.17. The molecule has 1 aromatic heterocycles. The predicted molar refractivity (Wildman–Crippen MR) is 81.6 cm³/mol. The molecule has 1 atom stereocenters. The summed E-state index contributed by atoms with van der Waals surface area (Å²) in [6, 6.07) is -1.25. The van der Waals surface area contributed by atoms with Crippen LogP contribution in [0.15, 0.2) is 10.3 Å².